The van der Waals surface area contributed by atoms with Crippen LogP contribution < -0.4 is 15.0 Å². The molecular formula is C18H25N5O3S. The average molecular weight is 391 g/mol. The molecule has 1 aliphatic rings. The van der Waals surface area contributed by atoms with E-state index in [9.17, 15) is 8.42 Å². The van der Waals surface area contributed by atoms with Crippen LogP contribution in [-0.4, -0.2) is 68.0 Å². The third-order valence-corrected chi connectivity index (χ3v) is 6.15. The van der Waals surface area contributed by atoms with Crippen LogP contribution in [0.4, 0.5) is 11.6 Å². The molecule has 3 rings (SSSR count). The van der Waals surface area contributed by atoms with Crippen molar-refractivity contribution in [3.63, 3.8) is 0 Å². The van der Waals surface area contributed by atoms with Crippen molar-refractivity contribution in [3.05, 3.63) is 42.5 Å². The standard InChI is InChI=1S/C18H25N5O3S/c1-2-19-17-8-9-18(21-20-17)22-10-12-23(13-11-22)27(24,25)15-14-26-16-6-4-3-5-7-16/h3-9H,2,10-15H2,1H3,(H,19,20). The molecule has 8 nitrogen and oxygen atoms in total. The lowest BCUT2D eigenvalue weighted by Gasteiger charge is -2.34. The maximum Gasteiger partial charge on any atom is 0.217 e. The smallest absolute Gasteiger partial charge is 0.217 e. The monoisotopic (exact) mass is 391 g/mol. The lowest BCUT2D eigenvalue weighted by Crippen LogP contribution is -2.50. The van der Waals surface area contributed by atoms with Crippen LogP contribution in [0.5, 0.6) is 5.75 Å². The van der Waals surface area contributed by atoms with Crippen LogP contribution in [0.1, 0.15) is 6.92 Å². The fourth-order valence-electron chi connectivity index (χ4n) is 2.88. The van der Waals surface area contributed by atoms with Crippen LogP contribution in [0.15, 0.2) is 42.5 Å². The highest BCUT2D eigenvalue weighted by atomic mass is 32.2. The number of hydrogen-bond acceptors (Lipinski definition) is 7. The highest BCUT2D eigenvalue weighted by molar-refractivity contribution is 7.89. The molecule has 0 bridgehead atoms. The van der Waals surface area contributed by atoms with E-state index < -0.39 is 10.0 Å². The SMILES string of the molecule is CCNc1ccc(N2CCN(S(=O)(=O)CCOc3ccccc3)CC2)nn1. The van der Waals surface area contributed by atoms with Crippen molar-refractivity contribution < 1.29 is 13.2 Å². The Balaban J connectivity index is 1.48. The van der Waals surface area contributed by atoms with Gasteiger partial charge >= 0.3 is 0 Å². The number of benzene rings is 1. The van der Waals surface area contributed by atoms with Crippen molar-refractivity contribution in [3.8, 4) is 5.75 Å². The summed E-state index contributed by atoms with van der Waals surface area (Å²) in [5.74, 6) is 2.15. The molecule has 0 unspecified atom stereocenters. The van der Waals surface area contributed by atoms with Gasteiger partial charge in [0.25, 0.3) is 0 Å². The average Bonchev–Trinajstić information content (AvgIpc) is 2.70. The molecule has 1 N–H and O–H groups in total. The number of nitrogens with one attached hydrogen (secondary N) is 1. The molecule has 2 heterocycles. The Morgan fingerprint density at radius 3 is 2.41 bits per heavy atom. The second-order valence-corrected chi connectivity index (χ2v) is 8.26. The number of nitrogens with zero attached hydrogens (tertiary/aromatic N) is 4. The maximum absolute atomic E-state index is 12.5. The van der Waals surface area contributed by atoms with Crippen LogP contribution in [-0.2, 0) is 10.0 Å². The molecule has 0 atom stereocenters. The normalized spacial score (nSPS) is 15.5. The molecular weight excluding hydrogens is 366 g/mol. The minimum atomic E-state index is -3.34. The van der Waals surface area contributed by atoms with Crippen molar-refractivity contribution in [1.82, 2.24) is 14.5 Å². The van der Waals surface area contributed by atoms with E-state index in [0.717, 1.165) is 18.2 Å². The lowest BCUT2D eigenvalue weighted by atomic mass is 10.3. The molecule has 1 fully saturated rings. The van der Waals surface area contributed by atoms with Gasteiger partial charge in [-0.1, -0.05) is 18.2 Å². The summed E-state index contributed by atoms with van der Waals surface area (Å²) < 4.78 is 32.1. The van der Waals surface area contributed by atoms with Gasteiger partial charge in [-0.2, -0.15) is 4.31 Å². The Labute approximate surface area is 160 Å². The van der Waals surface area contributed by atoms with E-state index in [1.807, 2.05) is 49.4 Å². The molecule has 27 heavy (non-hydrogen) atoms. The zero-order valence-electron chi connectivity index (χ0n) is 15.4. The minimum absolute atomic E-state index is 0.0287. The van der Waals surface area contributed by atoms with E-state index in [0.29, 0.717) is 31.9 Å². The number of aromatic nitrogens is 2. The summed E-state index contributed by atoms with van der Waals surface area (Å²) in [5, 5.41) is 11.5. The maximum atomic E-state index is 12.5. The summed E-state index contributed by atoms with van der Waals surface area (Å²) in [4.78, 5) is 2.05. The molecule has 2 aromatic rings. The Morgan fingerprint density at radius 1 is 1.04 bits per heavy atom. The predicted molar refractivity (Wildman–Crippen MR) is 106 cm³/mol. The van der Waals surface area contributed by atoms with E-state index >= 15 is 0 Å². The second-order valence-electron chi connectivity index (χ2n) is 6.17. The molecule has 0 aliphatic carbocycles. The van der Waals surface area contributed by atoms with Gasteiger partial charge < -0.3 is 15.0 Å². The van der Waals surface area contributed by atoms with Gasteiger partial charge in [0.15, 0.2) is 5.82 Å². The van der Waals surface area contributed by atoms with Gasteiger partial charge in [0.05, 0.1) is 5.75 Å². The van der Waals surface area contributed by atoms with Crippen LogP contribution in [0.2, 0.25) is 0 Å². The first-order valence-electron chi connectivity index (χ1n) is 9.07. The molecule has 1 saturated heterocycles. The number of para-hydroxylation sites is 1. The molecule has 0 saturated carbocycles. The van der Waals surface area contributed by atoms with Gasteiger partial charge in [-0.3, -0.25) is 0 Å². The van der Waals surface area contributed by atoms with Crippen LogP contribution in [0.25, 0.3) is 0 Å². The first kappa shape index (κ1) is 19.4. The van der Waals surface area contributed by atoms with Gasteiger partial charge in [0.2, 0.25) is 10.0 Å². The van der Waals surface area contributed by atoms with Crippen LogP contribution in [0, 0.1) is 0 Å². The predicted octanol–water partition coefficient (Wildman–Crippen LogP) is 1.44. The van der Waals surface area contributed by atoms with E-state index in [-0.39, 0.29) is 12.4 Å². The number of ether oxygens (including phenoxy) is 1. The van der Waals surface area contributed by atoms with Crippen LogP contribution in [0.3, 0.4) is 0 Å². The quantitative estimate of drug-likeness (QED) is 0.728. The molecule has 146 valence electrons. The molecule has 1 aliphatic heterocycles. The Morgan fingerprint density at radius 2 is 1.78 bits per heavy atom. The van der Waals surface area contributed by atoms with Gasteiger partial charge in [-0.15, -0.1) is 10.2 Å². The highest BCUT2D eigenvalue weighted by Gasteiger charge is 2.27. The van der Waals surface area contributed by atoms with Gasteiger partial charge in [0, 0.05) is 32.7 Å². The third-order valence-electron chi connectivity index (χ3n) is 4.32. The second kappa shape index (κ2) is 9.01. The zero-order valence-corrected chi connectivity index (χ0v) is 16.2. The van der Waals surface area contributed by atoms with Crippen molar-refractivity contribution in [2.24, 2.45) is 0 Å². The van der Waals surface area contributed by atoms with Crippen molar-refractivity contribution in [1.29, 1.82) is 0 Å². The number of piperazine rings is 1. The minimum Gasteiger partial charge on any atom is -0.492 e. The van der Waals surface area contributed by atoms with Crippen LogP contribution >= 0.6 is 0 Å². The lowest BCUT2D eigenvalue weighted by molar-refractivity contribution is 0.331. The van der Waals surface area contributed by atoms with E-state index in [1.165, 1.54) is 4.31 Å². The fraction of sp³-hybridized carbons (Fsp3) is 0.444. The topological polar surface area (TPSA) is 87.7 Å². The summed E-state index contributed by atoms with van der Waals surface area (Å²) in [5.41, 5.74) is 0. The zero-order chi connectivity index (χ0) is 19.1. The first-order valence-corrected chi connectivity index (χ1v) is 10.7. The van der Waals surface area contributed by atoms with Gasteiger partial charge in [-0.05, 0) is 31.2 Å². The molecule has 1 aromatic carbocycles. The van der Waals surface area contributed by atoms with Gasteiger partial charge in [0.1, 0.15) is 18.2 Å². The first-order chi connectivity index (χ1) is 13.1. The largest absolute Gasteiger partial charge is 0.492 e. The number of anilines is 2. The summed E-state index contributed by atoms with van der Waals surface area (Å²) >= 11 is 0. The summed E-state index contributed by atoms with van der Waals surface area (Å²) in [6.07, 6.45) is 0. The Hall–Kier alpha value is -2.39. The highest BCUT2D eigenvalue weighted by Crippen LogP contribution is 2.16. The van der Waals surface area contributed by atoms with Crippen molar-refractivity contribution in [2.45, 2.75) is 6.92 Å². The summed E-state index contributed by atoms with van der Waals surface area (Å²) in [6.45, 7) is 4.99. The van der Waals surface area contributed by atoms with E-state index in [1.54, 1.807) is 0 Å². The molecule has 9 heteroatoms. The number of hydrogen-bond donors (Lipinski definition) is 1. The van der Waals surface area contributed by atoms with Gasteiger partial charge in [-0.25, -0.2) is 8.42 Å². The molecule has 0 radical (unpaired) electrons. The third kappa shape index (κ3) is 5.30. The van der Waals surface area contributed by atoms with E-state index in [4.69, 9.17) is 4.74 Å². The Kier molecular flexibility index (Phi) is 6.46. The number of rotatable bonds is 8. The molecule has 1 aromatic heterocycles. The fourth-order valence-corrected chi connectivity index (χ4v) is 4.15. The molecule has 0 amide bonds. The number of sulfonamides is 1. The van der Waals surface area contributed by atoms with E-state index in [2.05, 4.69) is 20.4 Å². The molecule has 0 spiro atoms. The summed E-state index contributed by atoms with van der Waals surface area (Å²) in [7, 11) is -3.34. The van der Waals surface area contributed by atoms with Crippen molar-refractivity contribution in [2.75, 3.05) is 55.3 Å². The Bertz CT molecular complexity index is 807. The van der Waals surface area contributed by atoms with Crippen molar-refractivity contribution >= 4 is 21.7 Å². The summed E-state index contributed by atoms with van der Waals surface area (Å²) in [6, 6.07) is 13.0.